The van der Waals surface area contributed by atoms with Crippen LogP contribution in [0.3, 0.4) is 0 Å². The van der Waals surface area contributed by atoms with E-state index in [1.54, 1.807) is 0 Å². The fraction of sp³-hybridized carbons (Fsp3) is 0.444. The van der Waals surface area contributed by atoms with Crippen LogP contribution in [-0.2, 0) is 0 Å². The molecular formula is C9H11ClN2S. The molecule has 0 saturated heterocycles. The Hall–Kier alpha value is -0.560. The molecule has 1 rings (SSSR count). The van der Waals surface area contributed by atoms with Crippen LogP contribution in [0.25, 0.3) is 0 Å². The molecular weight excluding hydrogens is 204 g/mol. The summed E-state index contributed by atoms with van der Waals surface area (Å²) in [7, 11) is 3.92. The molecule has 0 bridgehead atoms. The Labute approximate surface area is 87.4 Å². The molecule has 0 aromatic carbocycles. The first-order valence-electron chi connectivity index (χ1n) is 3.93. The number of hydrogen-bond donors (Lipinski definition) is 0. The van der Waals surface area contributed by atoms with Crippen molar-refractivity contribution >= 4 is 22.9 Å². The lowest BCUT2D eigenvalue weighted by Crippen LogP contribution is -2.18. The summed E-state index contributed by atoms with van der Waals surface area (Å²) in [6, 6.07) is 6.03. The van der Waals surface area contributed by atoms with Crippen LogP contribution in [0.5, 0.6) is 0 Å². The topological polar surface area (TPSA) is 27.0 Å². The van der Waals surface area contributed by atoms with E-state index in [1.807, 2.05) is 31.1 Å². The van der Waals surface area contributed by atoms with Crippen LogP contribution in [0.2, 0.25) is 4.34 Å². The zero-order valence-corrected chi connectivity index (χ0v) is 9.19. The summed E-state index contributed by atoms with van der Waals surface area (Å²) in [5.74, 6) is -0.0625. The van der Waals surface area contributed by atoms with E-state index in [1.165, 1.54) is 11.3 Å². The molecule has 1 aromatic heterocycles. The highest BCUT2D eigenvalue weighted by atomic mass is 35.5. The van der Waals surface area contributed by atoms with Gasteiger partial charge in [0.05, 0.1) is 16.3 Å². The second-order valence-corrected chi connectivity index (χ2v) is 4.83. The van der Waals surface area contributed by atoms with Gasteiger partial charge in [0.2, 0.25) is 0 Å². The molecule has 0 aliphatic heterocycles. The molecule has 0 aliphatic carbocycles. The SMILES string of the molecule is CN(C)CC(C#N)c1ccc(Cl)s1. The fourth-order valence-electron chi connectivity index (χ4n) is 1.08. The molecule has 2 nitrogen and oxygen atoms in total. The van der Waals surface area contributed by atoms with Gasteiger partial charge in [-0.1, -0.05) is 11.6 Å². The number of hydrogen-bond acceptors (Lipinski definition) is 3. The molecule has 0 saturated carbocycles. The zero-order chi connectivity index (χ0) is 9.84. The number of likely N-dealkylation sites (N-methyl/N-ethyl adjacent to an activating group) is 1. The average molecular weight is 215 g/mol. The van der Waals surface area contributed by atoms with E-state index in [4.69, 9.17) is 16.9 Å². The van der Waals surface area contributed by atoms with Crippen LogP contribution in [0.1, 0.15) is 10.8 Å². The Morgan fingerprint density at radius 1 is 1.62 bits per heavy atom. The minimum absolute atomic E-state index is 0.0625. The third-order valence-electron chi connectivity index (χ3n) is 1.64. The van der Waals surface area contributed by atoms with Crippen molar-refractivity contribution in [2.24, 2.45) is 0 Å². The first kappa shape index (κ1) is 10.5. The number of thiophene rings is 1. The van der Waals surface area contributed by atoms with Gasteiger partial charge in [-0.05, 0) is 26.2 Å². The van der Waals surface area contributed by atoms with Gasteiger partial charge in [-0.15, -0.1) is 11.3 Å². The summed E-state index contributed by atoms with van der Waals surface area (Å²) in [5, 5.41) is 8.92. The highest BCUT2D eigenvalue weighted by Crippen LogP contribution is 2.28. The number of halogens is 1. The van der Waals surface area contributed by atoms with Gasteiger partial charge in [0.15, 0.2) is 0 Å². The summed E-state index contributed by atoms with van der Waals surface area (Å²) in [5.41, 5.74) is 0. The molecule has 1 aromatic rings. The standard InChI is InChI=1S/C9H11ClN2S/c1-12(2)6-7(5-11)8-3-4-9(10)13-8/h3-4,7H,6H2,1-2H3. The predicted octanol–water partition coefficient (Wildman–Crippen LogP) is 2.57. The maximum atomic E-state index is 8.92. The quantitative estimate of drug-likeness (QED) is 0.774. The maximum absolute atomic E-state index is 8.92. The summed E-state index contributed by atoms with van der Waals surface area (Å²) >= 11 is 7.27. The smallest absolute Gasteiger partial charge is 0.0932 e. The van der Waals surface area contributed by atoms with Crippen LogP contribution in [0, 0.1) is 11.3 Å². The maximum Gasteiger partial charge on any atom is 0.0932 e. The van der Waals surface area contributed by atoms with Crippen molar-refractivity contribution in [3.63, 3.8) is 0 Å². The van der Waals surface area contributed by atoms with Crippen molar-refractivity contribution in [2.45, 2.75) is 5.92 Å². The van der Waals surface area contributed by atoms with Gasteiger partial charge in [-0.25, -0.2) is 0 Å². The van der Waals surface area contributed by atoms with Gasteiger partial charge in [-0.2, -0.15) is 5.26 Å². The molecule has 4 heteroatoms. The molecule has 0 spiro atoms. The second kappa shape index (κ2) is 4.61. The lowest BCUT2D eigenvalue weighted by atomic mass is 10.1. The molecule has 1 atom stereocenters. The van der Waals surface area contributed by atoms with Gasteiger partial charge in [-0.3, -0.25) is 0 Å². The Bertz CT molecular complexity index is 314. The largest absolute Gasteiger partial charge is 0.308 e. The minimum atomic E-state index is -0.0625. The van der Waals surface area contributed by atoms with Crippen molar-refractivity contribution in [3.8, 4) is 6.07 Å². The lowest BCUT2D eigenvalue weighted by molar-refractivity contribution is 0.400. The molecule has 13 heavy (non-hydrogen) atoms. The molecule has 1 heterocycles. The van der Waals surface area contributed by atoms with E-state index >= 15 is 0 Å². The minimum Gasteiger partial charge on any atom is -0.308 e. The van der Waals surface area contributed by atoms with Crippen molar-refractivity contribution in [1.82, 2.24) is 4.90 Å². The van der Waals surface area contributed by atoms with Crippen LogP contribution in [-0.4, -0.2) is 25.5 Å². The van der Waals surface area contributed by atoms with E-state index in [2.05, 4.69) is 6.07 Å². The third kappa shape index (κ3) is 3.00. The zero-order valence-electron chi connectivity index (χ0n) is 7.62. The molecule has 0 fully saturated rings. The predicted molar refractivity (Wildman–Crippen MR) is 56.2 cm³/mol. The fourth-order valence-corrected chi connectivity index (χ4v) is 2.17. The first-order valence-corrected chi connectivity index (χ1v) is 5.12. The van der Waals surface area contributed by atoms with Crippen molar-refractivity contribution in [3.05, 3.63) is 21.3 Å². The van der Waals surface area contributed by atoms with Crippen LogP contribution < -0.4 is 0 Å². The van der Waals surface area contributed by atoms with Gasteiger partial charge in [0.1, 0.15) is 0 Å². The van der Waals surface area contributed by atoms with E-state index in [0.717, 1.165) is 15.8 Å². The van der Waals surface area contributed by atoms with Gasteiger partial charge in [0.25, 0.3) is 0 Å². The Morgan fingerprint density at radius 3 is 2.69 bits per heavy atom. The Balaban J connectivity index is 2.74. The normalized spacial score (nSPS) is 12.8. The molecule has 1 unspecified atom stereocenters. The number of nitrogens with zero attached hydrogens (tertiary/aromatic N) is 2. The van der Waals surface area contributed by atoms with Gasteiger partial charge in [0, 0.05) is 11.4 Å². The highest BCUT2D eigenvalue weighted by molar-refractivity contribution is 7.16. The van der Waals surface area contributed by atoms with Crippen LogP contribution in [0.15, 0.2) is 12.1 Å². The van der Waals surface area contributed by atoms with Crippen molar-refractivity contribution < 1.29 is 0 Å². The van der Waals surface area contributed by atoms with E-state index in [9.17, 15) is 0 Å². The van der Waals surface area contributed by atoms with Crippen LogP contribution in [0.4, 0.5) is 0 Å². The average Bonchev–Trinajstić information content (AvgIpc) is 2.47. The second-order valence-electron chi connectivity index (χ2n) is 3.09. The number of rotatable bonds is 3. The molecule has 70 valence electrons. The van der Waals surface area contributed by atoms with Gasteiger partial charge >= 0.3 is 0 Å². The summed E-state index contributed by atoms with van der Waals surface area (Å²) in [4.78, 5) is 3.04. The highest BCUT2D eigenvalue weighted by Gasteiger charge is 2.13. The molecule has 0 radical (unpaired) electrons. The third-order valence-corrected chi connectivity index (χ3v) is 2.99. The Morgan fingerprint density at radius 2 is 2.31 bits per heavy atom. The molecule has 0 N–H and O–H groups in total. The summed E-state index contributed by atoms with van der Waals surface area (Å²) < 4.78 is 0.744. The summed E-state index contributed by atoms with van der Waals surface area (Å²) in [6.45, 7) is 0.743. The lowest BCUT2D eigenvalue weighted by Gasteiger charge is -2.12. The Kier molecular flexibility index (Phi) is 3.73. The monoisotopic (exact) mass is 214 g/mol. The molecule has 0 aliphatic rings. The van der Waals surface area contributed by atoms with E-state index < -0.39 is 0 Å². The summed E-state index contributed by atoms with van der Waals surface area (Å²) in [6.07, 6.45) is 0. The van der Waals surface area contributed by atoms with E-state index in [-0.39, 0.29) is 5.92 Å². The number of nitriles is 1. The van der Waals surface area contributed by atoms with Gasteiger partial charge < -0.3 is 4.90 Å². The molecule has 0 amide bonds. The van der Waals surface area contributed by atoms with Crippen LogP contribution >= 0.6 is 22.9 Å². The van der Waals surface area contributed by atoms with E-state index in [0.29, 0.717) is 0 Å². The van der Waals surface area contributed by atoms with Crippen molar-refractivity contribution in [1.29, 1.82) is 5.26 Å². The van der Waals surface area contributed by atoms with Crippen molar-refractivity contribution in [2.75, 3.05) is 20.6 Å². The first-order chi connectivity index (χ1) is 6.13.